The summed E-state index contributed by atoms with van der Waals surface area (Å²) in [5.41, 5.74) is 1.41. The molecular formula is C14H20O. The van der Waals surface area contributed by atoms with Crippen molar-refractivity contribution in [1.82, 2.24) is 0 Å². The van der Waals surface area contributed by atoms with Gasteiger partial charge in [0.05, 0.1) is 6.10 Å². The fourth-order valence-corrected chi connectivity index (χ4v) is 2.52. The third kappa shape index (κ3) is 2.82. The highest BCUT2D eigenvalue weighted by molar-refractivity contribution is 5.15. The van der Waals surface area contributed by atoms with Crippen LogP contribution < -0.4 is 0 Å². The van der Waals surface area contributed by atoms with E-state index in [9.17, 15) is 5.11 Å². The van der Waals surface area contributed by atoms with Crippen LogP contribution in [0.4, 0.5) is 0 Å². The molecule has 3 atom stereocenters. The van der Waals surface area contributed by atoms with Gasteiger partial charge in [-0.3, -0.25) is 0 Å². The molecule has 1 aromatic carbocycles. The summed E-state index contributed by atoms with van der Waals surface area (Å²) in [6.45, 7) is 2.16. The van der Waals surface area contributed by atoms with E-state index in [1.165, 1.54) is 18.4 Å². The molecule has 0 spiro atoms. The van der Waals surface area contributed by atoms with Crippen LogP contribution in [0.15, 0.2) is 30.3 Å². The molecule has 1 nitrogen and oxygen atoms in total. The Kier molecular flexibility index (Phi) is 3.42. The largest absolute Gasteiger partial charge is 0.393 e. The fourth-order valence-electron chi connectivity index (χ4n) is 2.52. The first-order valence-corrected chi connectivity index (χ1v) is 5.97. The van der Waals surface area contributed by atoms with Crippen LogP contribution in [0.1, 0.15) is 31.7 Å². The van der Waals surface area contributed by atoms with E-state index in [-0.39, 0.29) is 6.10 Å². The molecule has 1 saturated carbocycles. The van der Waals surface area contributed by atoms with Gasteiger partial charge in [0, 0.05) is 0 Å². The predicted molar refractivity (Wildman–Crippen MR) is 62.7 cm³/mol. The minimum absolute atomic E-state index is 0.0764. The zero-order valence-corrected chi connectivity index (χ0v) is 9.39. The normalized spacial score (nSPS) is 31.5. The Morgan fingerprint density at radius 2 is 1.93 bits per heavy atom. The maximum atomic E-state index is 9.83. The van der Waals surface area contributed by atoms with Crippen molar-refractivity contribution < 1.29 is 5.11 Å². The molecule has 0 aromatic heterocycles. The van der Waals surface area contributed by atoms with Gasteiger partial charge >= 0.3 is 0 Å². The molecule has 0 bridgehead atoms. The van der Waals surface area contributed by atoms with Gasteiger partial charge in [-0.1, -0.05) is 37.3 Å². The van der Waals surface area contributed by atoms with Gasteiger partial charge in [0.15, 0.2) is 0 Å². The van der Waals surface area contributed by atoms with Crippen LogP contribution in [-0.4, -0.2) is 11.2 Å². The summed E-state index contributed by atoms with van der Waals surface area (Å²) in [5, 5.41) is 9.83. The molecule has 1 fully saturated rings. The van der Waals surface area contributed by atoms with Crippen LogP contribution in [0.3, 0.4) is 0 Å². The summed E-state index contributed by atoms with van der Waals surface area (Å²) in [4.78, 5) is 0. The van der Waals surface area contributed by atoms with E-state index < -0.39 is 0 Å². The average Bonchev–Trinajstić information content (AvgIpc) is 2.25. The number of aliphatic hydroxyl groups is 1. The van der Waals surface area contributed by atoms with E-state index >= 15 is 0 Å². The Morgan fingerprint density at radius 1 is 1.20 bits per heavy atom. The Balaban J connectivity index is 1.91. The van der Waals surface area contributed by atoms with E-state index in [4.69, 9.17) is 0 Å². The van der Waals surface area contributed by atoms with Crippen molar-refractivity contribution in [3.05, 3.63) is 35.9 Å². The molecule has 0 saturated heterocycles. The second-order valence-corrected chi connectivity index (χ2v) is 4.91. The number of benzene rings is 1. The molecule has 0 heterocycles. The van der Waals surface area contributed by atoms with Crippen molar-refractivity contribution in [3.63, 3.8) is 0 Å². The number of aliphatic hydroxyl groups excluding tert-OH is 1. The minimum atomic E-state index is -0.0764. The van der Waals surface area contributed by atoms with Crippen molar-refractivity contribution in [3.8, 4) is 0 Å². The highest BCUT2D eigenvalue weighted by Gasteiger charge is 2.25. The standard InChI is InChI=1S/C14H20O/c1-11-7-8-13(10-14(11)15)9-12-5-3-2-4-6-12/h2-6,11,13-15H,7-10H2,1H3/t11-,13+,14-/m1/s1. The number of hydrogen-bond acceptors (Lipinski definition) is 1. The minimum Gasteiger partial charge on any atom is -0.393 e. The number of hydrogen-bond donors (Lipinski definition) is 1. The van der Waals surface area contributed by atoms with Gasteiger partial charge < -0.3 is 5.11 Å². The molecule has 82 valence electrons. The Hall–Kier alpha value is -0.820. The summed E-state index contributed by atoms with van der Waals surface area (Å²) in [7, 11) is 0. The first kappa shape index (κ1) is 10.7. The van der Waals surface area contributed by atoms with E-state index in [1.807, 2.05) is 0 Å². The van der Waals surface area contributed by atoms with Gasteiger partial charge in [-0.05, 0) is 43.1 Å². The van der Waals surface area contributed by atoms with Gasteiger partial charge in [0.2, 0.25) is 0 Å². The lowest BCUT2D eigenvalue weighted by molar-refractivity contribution is 0.0534. The van der Waals surface area contributed by atoms with Crippen LogP contribution in [-0.2, 0) is 6.42 Å². The summed E-state index contributed by atoms with van der Waals surface area (Å²) < 4.78 is 0. The lowest BCUT2D eigenvalue weighted by Crippen LogP contribution is -2.28. The van der Waals surface area contributed by atoms with E-state index in [2.05, 4.69) is 37.3 Å². The van der Waals surface area contributed by atoms with Gasteiger partial charge in [-0.15, -0.1) is 0 Å². The van der Waals surface area contributed by atoms with Crippen molar-refractivity contribution >= 4 is 0 Å². The highest BCUT2D eigenvalue weighted by atomic mass is 16.3. The summed E-state index contributed by atoms with van der Waals surface area (Å²) in [5.74, 6) is 1.18. The van der Waals surface area contributed by atoms with Crippen LogP contribution in [0, 0.1) is 11.8 Å². The molecule has 2 rings (SSSR count). The average molecular weight is 204 g/mol. The topological polar surface area (TPSA) is 20.2 Å². The molecule has 1 aliphatic rings. The molecule has 1 aromatic rings. The zero-order chi connectivity index (χ0) is 10.7. The maximum absolute atomic E-state index is 9.83. The predicted octanol–water partition coefficient (Wildman–Crippen LogP) is 3.03. The molecule has 0 aliphatic heterocycles. The molecule has 0 amide bonds. The first-order valence-electron chi connectivity index (χ1n) is 5.97. The van der Waals surface area contributed by atoms with E-state index in [0.717, 1.165) is 12.8 Å². The van der Waals surface area contributed by atoms with Crippen LogP contribution in [0.25, 0.3) is 0 Å². The SMILES string of the molecule is C[C@@H]1CC[C@@H](Cc2ccccc2)C[C@H]1O. The van der Waals surface area contributed by atoms with Gasteiger partial charge in [0.25, 0.3) is 0 Å². The Labute approximate surface area is 92.1 Å². The summed E-state index contributed by atoms with van der Waals surface area (Å²) in [6, 6.07) is 10.6. The molecule has 0 radical (unpaired) electrons. The molecule has 0 unspecified atom stereocenters. The summed E-state index contributed by atoms with van der Waals surface area (Å²) >= 11 is 0. The van der Waals surface area contributed by atoms with Crippen molar-refractivity contribution in [2.24, 2.45) is 11.8 Å². The van der Waals surface area contributed by atoms with Crippen LogP contribution in [0.5, 0.6) is 0 Å². The zero-order valence-electron chi connectivity index (χ0n) is 9.39. The van der Waals surface area contributed by atoms with Crippen LogP contribution >= 0.6 is 0 Å². The smallest absolute Gasteiger partial charge is 0.0568 e. The maximum Gasteiger partial charge on any atom is 0.0568 e. The number of rotatable bonds is 2. The van der Waals surface area contributed by atoms with E-state index in [1.54, 1.807) is 0 Å². The van der Waals surface area contributed by atoms with Crippen molar-refractivity contribution in [1.29, 1.82) is 0 Å². The highest BCUT2D eigenvalue weighted by Crippen LogP contribution is 2.30. The third-order valence-corrected chi connectivity index (χ3v) is 3.63. The fraction of sp³-hybridized carbons (Fsp3) is 0.571. The first-order chi connectivity index (χ1) is 7.25. The molecule has 1 aliphatic carbocycles. The van der Waals surface area contributed by atoms with Gasteiger partial charge in [0.1, 0.15) is 0 Å². The van der Waals surface area contributed by atoms with E-state index in [0.29, 0.717) is 11.8 Å². The van der Waals surface area contributed by atoms with Crippen molar-refractivity contribution in [2.75, 3.05) is 0 Å². The second kappa shape index (κ2) is 4.80. The van der Waals surface area contributed by atoms with Gasteiger partial charge in [-0.25, -0.2) is 0 Å². The summed E-state index contributed by atoms with van der Waals surface area (Å²) in [6.07, 6.45) is 4.49. The molecular weight excluding hydrogens is 184 g/mol. The molecule has 1 N–H and O–H groups in total. The lowest BCUT2D eigenvalue weighted by atomic mass is 9.78. The third-order valence-electron chi connectivity index (χ3n) is 3.63. The van der Waals surface area contributed by atoms with Crippen molar-refractivity contribution in [2.45, 2.75) is 38.7 Å². The second-order valence-electron chi connectivity index (χ2n) is 4.91. The van der Waals surface area contributed by atoms with Gasteiger partial charge in [-0.2, -0.15) is 0 Å². The monoisotopic (exact) mass is 204 g/mol. The molecule has 15 heavy (non-hydrogen) atoms. The Morgan fingerprint density at radius 3 is 2.60 bits per heavy atom. The lowest BCUT2D eigenvalue weighted by Gasteiger charge is -2.31. The quantitative estimate of drug-likeness (QED) is 0.785. The Bertz CT molecular complexity index is 293. The van der Waals surface area contributed by atoms with Crippen LogP contribution in [0.2, 0.25) is 0 Å². The molecule has 1 heteroatoms.